The number of aryl methyl sites for hydroxylation is 1. The van der Waals surface area contributed by atoms with Gasteiger partial charge in [-0.2, -0.15) is 4.68 Å². The maximum Gasteiger partial charge on any atom is 0.437 e. The number of hydrogen-bond acceptors (Lipinski definition) is 7. The number of hydrogen-bond donors (Lipinski definition) is 0. The molecule has 128 valence electrons. The second-order valence-electron chi connectivity index (χ2n) is 5.43. The van der Waals surface area contributed by atoms with Gasteiger partial charge in [0.1, 0.15) is 5.03 Å². The van der Waals surface area contributed by atoms with Gasteiger partial charge in [0, 0.05) is 18.4 Å². The summed E-state index contributed by atoms with van der Waals surface area (Å²) in [4.78, 5) is 16.4. The van der Waals surface area contributed by atoms with E-state index in [4.69, 9.17) is 13.9 Å². The molecule has 0 amide bonds. The zero-order chi connectivity index (χ0) is 17.0. The molecule has 0 N–H and O–H groups in total. The van der Waals surface area contributed by atoms with Crippen LogP contribution in [0.3, 0.4) is 0 Å². The first kappa shape index (κ1) is 16.9. The van der Waals surface area contributed by atoms with Crippen molar-refractivity contribution in [2.75, 3.05) is 19.0 Å². The van der Waals surface area contributed by atoms with Gasteiger partial charge in [0.25, 0.3) is 5.89 Å². The Morgan fingerprint density at radius 2 is 2.25 bits per heavy atom. The summed E-state index contributed by atoms with van der Waals surface area (Å²) in [5.74, 6) is -0.201. The quantitative estimate of drug-likeness (QED) is 0.560. The van der Waals surface area contributed by atoms with Crippen molar-refractivity contribution in [2.45, 2.75) is 30.7 Å². The van der Waals surface area contributed by atoms with E-state index in [1.54, 1.807) is 18.3 Å². The van der Waals surface area contributed by atoms with E-state index in [9.17, 15) is 4.79 Å². The Labute approximate surface area is 143 Å². The van der Waals surface area contributed by atoms with Gasteiger partial charge in [-0.15, -0.1) is 23.4 Å². The van der Waals surface area contributed by atoms with Crippen LogP contribution in [0.4, 0.5) is 0 Å². The minimum absolute atomic E-state index is 0.262. The summed E-state index contributed by atoms with van der Waals surface area (Å²) in [6.07, 6.45) is 4.00. The fraction of sp³-hybridized carbons (Fsp3) is 0.438. The van der Waals surface area contributed by atoms with Crippen molar-refractivity contribution in [3.63, 3.8) is 0 Å². The van der Waals surface area contributed by atoms with E-state index in [0.717, 1.165) is 5.03 Å². The van der Waals surface area contributed by atoms with Crippen molar-refractivity contribution in [2.24, 2.45) is 0 Å². The lowest BCUT2D eigenvalue weighted by atomic mass is 10.2. The molecule has 3 rings (SSSR count). The summed E-state index contributed by atoms with van der Waals surface area (Å²) in [6, 6.07) is 3.62. The average Bonchev–Trinajstić information content (AvgIpc) is 3.18. The maximum absolute atomic E-state index is 12.1. The Morgan fingerprint density at radius 3 is 3.00 bits per heavy atom. The van der Waals surface area contributed by atoms with E-state index in [1.807, 2.05) is 13.0 Å². The van der Waals surface area contributed by atoms with Crippen LogP contribution in [0, 0.1) is 0 Å². The van der Waals surface area contributed by atoms with Gasteiger partial charge in [0.05, 0.1) is 25.3 Å². The summed E-state index contributed by atoms with van der Waals surface area (Å²) in [5, 5.41) is 5.04. The first-order chi connectivity index (χ1) is 11.6. The highest BCUT2D eigenvalue weighted by molar-refractivity contribution is 7.99. The highest BCUT2D eigenvalue weighted by Gasteiger charge is 2.31. The summed E-state index contributed by atoms with van der Waals surface area (Å²) in [6.45, 7) is 7.04. The molecule has 1 saturated heterocycles. The van der Waals surface area contributed by atoms with Gasteiger partial charge in [-0.3, -0.25) is 0 Å². The van der Waals surface area contributed by atoms with E-state index in [1.165, 1.54) is 16.4 Å². The number of thioether (sulfide) groups is 1. The Balaban J connectivity index is 1.79. The predicted molar refractivity (Wildman–Crippen MR) is 89.8 cm³/mol. The number of pyridine rings is 1. The van der Waals surface area contributed by atoms with Crippen LogP contribution in [0.5, 0.6) is 0 Å². The molecule has 8 heteroatoms. The number of aromatic nitrogens is 3. The second-order valence-corrected chi connectivity index (χ2v) is 6.44. The molecule has 0 bridgehead atoms. The van der Waals surface area contributed by atoms with Crippen molar-refractivity contribution in [1.29, 1.82) is 0 Å². The Bertz CT molecular complexity index is 765. The molecule has 7 nitrogen and oxygen atoms in total. The lowest BCUT2D eigenvalue weighted by Crippen LogP contribution is -2.29. The zero-order valence-corrected chi connectivity index (χ0v) is 14.3. The highest BCUT2D eigenvalue weighted by Crippen LogP contribution is 2.28. The topological polar surface area (TPSA) is 79.4 Å². The third-order valence-corrected chi connectivity index (χ3v) is 4.62. The van der Waals surface area contributed by atoms with Crippen molar-refractivity contribution >= 4 is 11.8 Å². The predicted octanol–water partition coefficient (Wildman–Crippen LogP) is 2.33. The minimum Gasteiger partial charge on any atom is -0.387 e. The normalized spacial score (nSPS) is 16.4. The first-order valence-electron chi connectivity index (χ1n) is 7.66. The summed E-state index contributed by atoms with van der Waals surface area (Å²) in [7, 11) is 0. The number of ether oxygens (including phenoxy) is 2. The zero-order valence-electron chi connectivity index (χ0n) is 13.4. The van der Waals surface area contributed by atoms with Crippen LogP contribution in [0.25, 0.3) is 11.5 Å². The molecule has 1 aliphatic heterocycles. The molecule has 0 unspecified atom stereocenters. The van der Waals surface area contributed by atoms with Gasteiger partial charge < -0.3 is 13.9 Å². The van der Waals surface area contributed by atoms with Gasteiger partial charge in [0.2, 0.25) is 0 Å². The third kappa shape index (κ3) is 3.77. The van der Waals surface area contributed by atoms with Gasteiger partial charge in [0.15, 0.2) is 5.79 Å². The largest absolute Gasteiger partial charge is 0.437 e. The smallest absolute Gasteiger partial charge is 0.387 e. The maximum atomic E-state index is 12.1. The summed E-state index contributed by atoms with van der Waals surface area (Å²) >= 11 is 1.51. The standard InChI is InChI=1S/C16H19N3O4S/c1-3-11-24-14-12(5-4-7-17-14)13-18-19(15(20)23-13)8-6-16(2)21-9-10-22-16/h3-5,7H,1,6,8-11H2,2H3. The molecular formula is C16H19N3O4S. The second kappa shape index (κ2) is 7.33. The van der Waals surface area contributed by atoms with Crippen molar-refractivity contribution in [3.8, 4) is 11.5 Å². The lowest BCUT2D eigenvalue weighted by Gasteiger charge is -2.21. The lowest BCUT2D eigenvalue weighted by molar-refractivity contribution is -0.149. The number of rotatable bonds is 7. The molecule has 3 heterocycles. The monoisotopic (exact) mass is 349 g/mol. The fourth-order valence-corrected chi connectivity index (χ4v) is 3.09. The average molecular weight is 349 g/mol. The van der Waals surface area contributed by atoms with Crippen LogP contribution < -0.4 is 5.76 Å². The fourth-order valence-electron chi connectivity index (χ4n) is 2.37. The molecule has 1 fully saturated rings. The Morgan fingerprint density at radius 1 is 1.46 bits per heavy atom. The molecule has 0 spiro atoms. The van der Waals surface area contributed by atoms with E-state index < -0.39 is 11.5 Å². The van der Waals surface area contributed by atoms with Gasteiger partial charge in [-0.25, -0.2) is 9.78 Å². The highest BCUT2D eigenvalue weighted by atomic mass is 32.2. The van der Waals surface area contributed by atoms with Crippen LogP contribution in [0.2, 0.25) is 0 Å². The van der Waals surface area contributed by atoms with Crippen molar-refractivity contribution in [3.05, 3.63) is 41.5 Å². The molecule has 0 atom stereocenters. The van der Waals surface area contributed by atoms with E-state index in [2.05, 4.69) is 16.7 Å². The molecule has 24 heavy (non-hydrogen) atoms. The minimum atomic E-state index is -0.669. The van der Waals surface area contributed by atoms with Crippen LogP contribution in [-0.2, 0) is 16.0 Å². The first-order valence-corrected chi connectivity index (χ1v) is 8.65. The molecule has 2 aromatic heterocycles. The molecular weight excluding hydrogens is 330 g/mol. The van der Waals surface area contributed by atoms with Crippen LogP contribution in [0.1, 0.15) is 13.3 Å². The number of nitrogens with zero attached hydrogens (tertiary/aromatic N) is 3. The molecule has 0 saturated carbocycles. The van der Waals surface area contributed by atoms with E-state index in [-0.39, 0.29) is 5.89 Å². The molecule has 2 aromatic rings. The van der Waals surface area contributed by atoms with Gasteiger partial charge >= 0.3 is 5.76 Å². The SMILES string of the molecule is C=CCSc1ncccc1-c1nn(CCC2(C)OCCO2)c(=O)o1. The van der Waals surface area contributed by atoms with E-state index in [0.29, 0.717) is 37.5 Å². The van der Waals surface area contributed by atoms with E-state index >= 15 is 0 Å². The Hall–Kier alpha value is -1.90. The molecule has 1 aliphatic rings. The van der Waals surface area contributed by atoms with Gasteiger partial charge in [-0.1, -0.05) is 6.08 Å². The van der Waals surface area contributed by atoms with Crippen LogP contribution in [-0.4, -0.2) is 39.5 Å². The summed E-state index contributed by atoms with van der Waals surface area (Å²) < 4.78 is 17.7. The van der Waals surface area contributed by atoms with Crippen LogP contribution >= 0.6 is 11.8 Å². The van der Waals surface area contributed by atoms with Crippen LogP contribution in [0.15, 0.2) is 45.2 Å². The molecule has 0 aliphatic carbocycles. The third-order valence-electron chi connectivity index (χ3n) is 3.62. The van der Waals surface area contributed by atoms with Gasteiger partial charge in [-0.05, 0) is 19.1 Å². The molecule has 0 aromatic carbocycles. The Kier molecular flexibility index (Phi) is 5.17. The molecule has 0 radical (unpaired) electrons. The van der Waals surface area contributed by atoms with Crippen molar-refractivity contribution in [1.82, 2.24) is 14.8 Å². The van der Waals surface area contributed by atoms with Crippen molar-refractivity contribution < 1.29 is 13.9 Å². The summed E-state index contributed by atoms with van der Waals surface area (Å²) in [5.41, 5.74) is 0.694.